The number of nitrogens with one attached hydrogen (secondary N) is 1. The molecular formula is C20H27N3O. The van der Waals surface area contributed by atoms with Crippen molar-refractivity contribution in [2.75, 3.05) is 26.2 Å². The second-order valence-electron chi connectivity index (χ2n) is 7.37. The molecule has 1 fully saturated rings. The van der Waals surface area contributed by atoms with Crippen LogP contribution in [0, 0.1) is 5.41 Å². The molecule has 0 bridgehead atoms. The van der Waals surface area contributed by atoms with Crippen LogP contribution < -0.4 is 11.1 Å². The summed E-state index contributed by atoms with van der Waals surface area (Å²) in [6, 6.07) is 14.6. The van der Waals surface area contributed by atoms with E-state index in [4.69, 9.17) is 5.73 Å². The van der Waals surface area contributed by atoms with E-state index in [9.17, 15) is 4.79 Å². The lowest BCUT2D eigenvalue weighted by Crippen LogP contribution is -2.39. The van der Waals surface area contributed by atoms with Gasteiger partial charge in [-0.2, -0.15) is 0 Å². The maximum Gasteiger partial charge on any atom is 0.234 e. The van der Waals surface area contributed by atoms with E-state index in [0.717, 1.165) is 25.1 Å². The lowest BCUT2D eigenvalue weighted by molar-refractivity contribution is -0.122. The van der Waals surface area contributed by atoms with E-state index in [1.807, 2.05) is 19.1 Å². The van der Waals surface area contributed by atoms with Crippen LogP contribution in [-0.2, 0) is 4.79 Å². The van der Waals surface area contributed by atoms with E-state index in [-0.39, 0.29) is 17.4 Å². The predicted octanol–water partition coefficient (Wildman–Crippen LogP) is 2.69. The van der Waals surface area contributed by atoms with E-state index < -0.39 is 0 Å². The number of hydrogen-bond donors (Lipinski definition) is 2. The number of carbonyl (C=O) groups excluding carboxylic acids is 1. The number of nitrogens with two attached hydrogens (primary N) is 1. The van der Waals surface area contributed by atoms with E-state index in [0.29, 0.717) is 13.1 Å². The molecule has 2 atom stereocenters. The smallest absolute Gasteiger partial charge is 0.234 e. The minimum atomic E-state index is 0.00519. The van der Waals surface area contributed by atoms with Gasteiger partial charge in [0.1, 0.15) is 0 Å². The summed E-state index contributed by atoms with van der Waals surface area (Å²) in [5.74, 6) is 0.0805. The van der Waals surface area contributed by atoms with Crippen molar-refractivity contribution >= 4 is 16.7 Å². The molecule has 0 aliphatic carbocycles. The highest BCUT2D eigenvalue weighted by Crippen LogP contribution is 2.28. The first-order valence-corrected chi connectivity index (χ1v) is 8.70. The zero-order valence-electron chi connectivity index (χ0n) is 14.6. The summed E-state index contributed by atoms with van der Waals surface area (Å²) in [5, 5.41) is 5.54. The molecule has 2 unspecified atom stereocenters. The van der Waals surface area contributed by atoms with Crippen LogP contribution in [0.15, 0.2) is 42.5 Å². The topological polar surface area (TPSA) is 58.4 Å². The van der Waals surface area contributed by atoms with Crippen molar-refractivity contribution < 1.29 is 4.79 Å². The first-order chi connectivity index (χ1) is 11.5. The van der Waals surface area contributed by atoms with Crippen LogP contribution in [0.4, 0.5) is 0 Å². The average Bonchev–Trinajstić information content (AvgIpc) is 2.95. The van der Waals surface area contributed by atoms with Gasteiger partial charge in [0, 0.05) is 6.54 Å². The predicted molar refractivity (Wildman–Crippen MR) is 98.7 cm³/mol. The van der Waals surface area contributed by atoms with Gasteiger partial charge >= 0.3 is 0 Å². The molecule has 2 aromatic rings. The molecule has 1 amide bonds. The first kappa shape index (κ1) is 16.9. The quantitative estimate of drug-likeness (QED) is 0.888. The van der Waals surface area contributed by atoms with Crippen molar-refractivity contribution in [1.82, 2.24) is 10.2 Å². The summed E-state index contributed by atoms with van der Waals surface area (Å²) in [4.78, 5) is 14.6. The second-order valence-corrected chi connectivity index (χ2v) is 7.37. The fourth-order valence-corrected chi connectivity index (χ4v) is 3.48. The third-order valence-electron chi connectivity index (χ3n) is 5.15. The third-order valence-corrected chi connectivity index (χ3v) is 5.15. The number of fused-ring (bicyclic) bond motifs is 1. The Morgan fingerprint density at radius 3 is 2.75 bits per heavy atom. The Hall–Kier alpha value is -1.91. The maximum absolute atomic E-state index is 12.4. The summed E-state index contributed by atoms with van der Waals surface area (Å²) < 4.78 is 0. The molecule has 0 saturated carbocycles. The Balaban J connectivity index is 1.59. The van der Waals surface area contributed by atoms with Crippen molar-refractivity contribution in [3.05, 3.63) is 48.0 Å². The van der Waals surface area contributed by atoms with Crippen LogP contribution in [0.5, 0.6) is 0 Å². The van der Waals surface area contributed by atoms with Gasteiger partial charge < -0.3 is 11.1 Å². The fraction of sp³-hybridized carbons (Fsp3) is 0.450. The van der Waals surface area contributed by atoms with Gasteiger partial charge in [-0.1, -0.05) is 43.3 Å². The number of likely N-dealkylation sites (tertiary alicyclic amines) is 1. The highest BCUT2D eigenvalue weighted by atomic mass is 16.2. The second kappa shape index (κ2) is 6.91. The summed E-state index contributed by atoms with van der Waals surface area (Å²) in [5.41, 5.74) is 7.13. The van der Waals surface area contributed by atoms with E-state index >= 15 is 0 Å². The highest BCUT2D eigenvalue weighted by Gasteiger charge is 2.33. The molecule has 0 aromatic heterocycles. The molecule has 4 nitrogen and oxygen atoms in total. The summed E-state index contributed by atoms with van der Waals surface area (Å²) in [6.45, 7) is 7.22. The molecule has 2 aromatic carbocycles. The van der Waals surface area contributed by atoms with E-state index in [1.54, 1.807) is 0 Å². The average molecular weight is 325 g/mol. The molecule has 3 rings (SSSR count). The lowest BCUT2D eigenvalue weighted by Gasteiger charge is -2.23. The third kappa shape index (κ3) is 3.77. The molecule has 1 aliphatic rings. The number of rotatable bonds is 5. The van der Waals surface area contributed by atoms with Gasteiger partial charge in [-0.25, -0.2) is 0 Å². The van der Waals surface area contributed by atoms with Crippen molar-refractivity contribution in [3.8, 4) is 0 Å². The van der Waals surface area contributed by atoms with Gasteiger partial charge in [-0.3, -0.25) is 9.69 Å². The molecule has 0 spiro atoms. The number of amides is 1. The molecule has 3 N–H and O–H groups in total. The van der Waals surface area contributed by atoms with Crippen LogP contribution in [0.1, 0.15) is 31.9 Å². The molecule has 1 saturated heterocycles. The first-order valence-electron chi connectivity index (χ1n) is 8.70. The van der Waals surface area contributed by atoms with Crippen molar-refractivity contribution in [3.63, 3.8) is 0 Å². The van der Waals surface area contributed by atoms with Gasteiger partial charge in [0.15, 0.2) is 0 Å². The Morgan fingerprint density at radius 1 is 1.29 bits per heavy atom. The zero-order chi connectivity index (χ0) is 17.2. The summed E-state index contributed by atoms with van der Waals surface area (Å²) >= 11 is 0. The largest absolute Gasteiger partial charge is 0.348 e. The lowest BCUT2D eigenvalue weighted by atomic mass is 9.90. The summed E-state index contributed by atoms with van der Waals surface area (Å²) in [6.07, 6.45) is 1.07. The van der Waals surface area contributed by atoms with Gasteiger partial charge in [-0.15, -0.1) is 0 Å². The van der Waals surface area contributed by atoms with Crippen LogP contribution in [0.25, 0.3) is 10.8 Å². The zero-order valence-corrected chi connectivity index (χ0v) is 14.6. The molecule has 24 heavy (non-hydrogen) atoms. The Labute approximate surface area is 144 Å². The Morgan fingerprint density at radius 2 is 2.04 bits per heavy atom. The van der Waals surface area contributed by atoms with Crippen LogP contribution in [0.2, 0.25) is 0 Å². The van der Waals surface area contributed by atoms with E-state index in [1.165, 1.54) is 10.8 Å². The normalized spacial score (nSPS) is 22.6. The van der Waals surface area contributed by atoms with Gasteiger partial charge in [-0.05, 0) is 54.3 Å². The van der Waals surface area contributed by atoms with Gasteiger partial charge in [0.05, 0.1) is 12.6 Å². The van der Waals surface area contributed by atoms with Crippen LogP contribution >= 0.6 is 0 Å². The molecule has 0 radical (unpaired) electrons. The maximum atomic E-state index is 12.4. The Bertz CT molecular complexity index is 730. The SMILES string of the molecule is CC(NC(=O)CN1CCC(C)(CN)C1)c1ccc2ccccc2c1. The van der Waals surface area contributed by atoms with Gasteiger partial charge in [0.25, 0.3) is 0 Å². The number of hydrogen-bond acceptors (Lipinski definition) is 3. The molecule has 4 heteroatoms. The van der Waals surface area contributed by atoms with Crippen molar-refractivity contribution in [1.29, 1.82) is 0 Å². The molecule has 1 aliphatic heterocycles. The standard InChI is InChI=1S/C20H27N3O/c1-15(17-8-7-16-5-3-4-6-18(16)11-17)22-19(24)12-23-10-9-20(2,13-21)14-23/h3-8,11,15H,9-10,12-14,21H2,1-2H3,(H,22,24). The van der Waals surface area contributed by atoms with Crippen LogP contribution in [-0.4, -0.2) is 37.0 Å². The van der Waals surface area contributed by atoms with Crippen LogP contribution in [0.3, 0.4) is 0 Å². The minimum absolute atomic E-state index is 0.00519. The van der Waals surface area contributed by atoms with Crippen molar-refractivity contribution in [2.45, 2.75) is 26.3 Å². The number of benzene rings is 2. The molecular weight excluding hydrogens is 298 g/mol. The fourth-order valence-electron chi connectivity index (χ4n) is 3.48. The number of nitrogens with zero attached hydrogens (tertiary/aromatic N) is 1. The van der Waals surface area contributed by atoms with Gasteiger partial charge in [0.2, 0.25) is 5.91 Å². The number of carbonyl (C=O) groups is 1. The highest BCUT2D eigenvalue weighted by molar-refractivity contribution is 5.83. The van der Waals surface area contributed by atoms with E-state index in [2.05, 4.69) is 47.5 Å². The molecule has 128 valence electrons. The monoisotopic (exact) mass is 325 g/mol. The minimum Gasteiger partial charge on any atom is -0.348 e. The summed E-state index contributed by atoms with van der Waals surface area (Å²) in [7, 11) is 0. The Kier molecular flexibility index (Phi) is 4.88. The van der Waals surface area contributed by atoms with Crippen molar-refractivity contribution in [2.24, 2.45) is 11.1 Å². The molecule has 1 heterocycles.